The topological polar surface area (TPSA) is 35.6 Å². The molecule has 1 aliphatic rings. The predicted molar refractivity (Wildman–Crippen MR) is 86.0 cm³/mol. The molecule has 0 bridgehead atoms. The third-order valence-corrected chi connectivity index (χ3v) is 4.18. The van der Waals surface area contributed by atoms with Crippen LogP contribution in [0, 0.1) is 0 Å². The first-order valence-electron chi connectivity index (χ1n) is 7.05. The van der Waals surface area contributed by atoms with Crippen molar-refractivity contribution in [3.8, 4) is 0 Å². The highest BCUT2D eigenvalue weighted by atomic mass is 79.9. The first-order valence-corrected chi connectivity index (χ1v) is 7.84. The SMILES string of the molecule is CNCc1cc(Br)ccc1N1CCCN(C(C)=O)CC1. The number of benzene rings is 1. The summed E-state index contributed by atoms with van der Waals surface area (Å²) in [5.41, 5.74) is 2.56. The van der Waals surface area contributed by atoms with E-state index in [2.05, 4.69) is 44.3 Å². The fraction of sp³-hybridized carbons (Fsp3) is 0.533. The van der Waals surface area contributed by atoms with Crippen LogP contribution in [0.2, 0.25) is 0 Å². The highest BCUT2D eigenvalue weighted by Crippen LogP contribution is 2.25. The summed E-state index contributed by atoms with van der Waals surface area (Å²) in [4.78, 5) is 15.8. The van der Waals surface area contributed by atoms with Crippen LogP contribution in [0.25, 0.3) is 0 Å². The molecule has 1 aliphatic heterocycles. The molecule has 0 aliphatic carbocycles. The van der Waals surface area contributed by atoms with Gasteiger partial charge in [-0.05, 0) is 37.2 Å². The van der Waals surface area contributed by atoms with Crippen molar-refractivity contribution >= 4 is 27.5 Å². The summed E-state index contributed by atoms with van der Waals surface area (Å²) in [5.74, 6) is 0.179. The molecule has 4 nitrogen and oxygen atoms in total. The van der Waals surface area contributed by atoms with Gasteiger partial charge in [0.05, 0.1) is 0 Å². The minimum Gasteiger partial charge on any atom is -0.369 e. The van der Waals surface area contributed by atoms with Gasteiger partial charge in [0, 0.05) is 49.8 Å². The first-order chi connectivity index (χ1) is 9.61. The molecule has 2 rings (SSSR count). The van der Waals surface area contributed by atoms with Crippen molar-refractivity contribution in [1.29, 1.82) is 0 Å². The van der Waals surface area contributed by atoms with Crippen molar-refractivity contribution in [2.45, 2.75) is 19.9 Å². The van der Waals surface area contributed by atoms with Crippen molar-refractivity contribution in [3.63, 3.8) is 0 Å². The quantitative estimate of drug-likeness (QED) is 0.917. The Morgan fingerprint density at radius 3 is 2.80 bits per heavy atom. The number of hydrogen-bond donors (Lipinski definition) is 1. The summed E-state index contributed by atoms with van der Waals surface area (Å²) >= 11 is 3.54. The molecule has 1 heterocycles. The summed E-state index contributed by atoms with van der Waals surface area (Å²) in [7, 11) is 1.96. The minimum atomic E-state index is 0.179. The van der Waals surface area contributed by atoms with E-state index in [0.29, 0.717) is 0 Å². The van der Waals surface area contributed by atoms with Gasteiger partial charge in [-0.25, -0.2) is 0 Å². The smallest absolute Gasteiger partial charge is 0.219 e. The normalized spacial score (nSPS) is 16.1. The number of halogens is 1. The van der Waals surface area contributed by atoms with Crippen LogP contribution in [-0.4, -0.2) is 44.0 Å². The number of carbonyl (C=O) groups excluding carboxylic acids is 1. The van der Waals surface area contributed by atoms with Crippen molar-refractivity contribution < 1.29 is 4.79 Å². The molecule has 0 atom stereocenters. The molecule has 1 fully saturated rings. The van der Waals surface area contributed by atoms with E-state index in [0.717, 1.165) is 43.6 Å². The molecule has 0 radical (unpaired) electrons. The summed E-state index contributed by atoms with van der Waals surface area (Å²) in [6.45, 7) is 6.08. The third-order valence-electron chi connectivity index (χ3n) is 3.69. The van der Waals surface area contributed by atoms with Crippen LogP contribution >= 0.6 is 15.9 Å². The van der Waals surface area contributed by atoms with E-state index in [-0.39, 0.29) is 5.91 Å². The summed E-state index contributed by atoms with van der Waals surface area (Å²) in [5, 5.41) is 3.22. The van der Waals surface area contributed by atoms with Crippen LogP contribution in [-0.2, 0) is 11.3 Å². The van der Waals surface area contributed by atoms with E-state index in [1.54, 1.807) is 6.92 Å². The van der Waals surface area contributed by atoms with Crippen molar-refractivity contribution in [1.82, 2.24) is 10.2 Å². The maximum absolute atomic E-state index is 11.5. The van der Waals surface area contributed by atoms with E-state index in [1.165, 1.54) is 11.3 Å². The number of amides is 1. The summed E-state index contributed by atoms with van der Waals surface area (Å²) in [6.07, 6.45) is 1.02. The van der Waals surface area contributed by atoms with Crippen molar-refractivity contribution in [3.05, 3.63) is 28.2 Å². The molecular formula is C15H22BrN3O. The minimum absolute atomic E-state index is 0.179. The van der Waals surface area contributed by atoms with Gasteiger partial charge < -0.3 is 15.1 Å². The van der Waals surface area contributed by atoms with Gasteiger partial charge in [0.25, 0.3) is 0 Å². The fourth-order valence-corrected chi connectivity index (χ4v) is 3.08. The van der Waals surface area contributed by atoms with Gasteiger partial charge in [-0.2, -0.15) is 0 Å². The molecule has 0 spiro atoms. The van der Waals surface area contributed by atoms with Crippen molar-refractivity contribution in [2.24, 2.45) is 0 Å². The lowest BCUT2D eigenvalue weighted by Gasteiger charge is -2.26. The Morgan fingerprint density at radius 1 is 1.30 bits per heavy atom. The number of nitrogens with one attached hydrogen (secondary N) is 1. The summed E-state index contributed by atoms with van der Waals surface area (Å²) < 4.78 is 1.10. The van der Waals surface area contributed by atoms with Crippen LogP contribution in [0.4, 0.5) is 5.69 Å². The Kier molecular flexibility index (Phi) is 5.43. The van der Waals surface area contributed by atoms with Gasteiger partial charge in [-0.1, -0.05) is 15.9 Å². The zero-order chi connectivity index (χ0) is 14.5. The van der Waals surface area contributed by atoms with Crippen LogP contribution in [0.5, 0.6) is 0 Å². The van der Waals surface area contributed by atoms with Gasteiger partial charge in [-0.3, -0.25) is 4.79 Å². The maximum atomic E-state index is 11.5. The lowest BCUT2D eigenvalue weighted by atomic mass is 10.1. The number of hydrogen-bond acceptors (Lipinski definition) is 3. The number of anilines is 1. The van der Waals surface area contributed by atoms with E-state index < -0.39 is 0 Å². The second kappa shape index (κ2) is 7.09. The molecule has 0 aromatic heterocycles. The Labute approximate surface area is 129 Å². The average molecular weight is 340 g/mol. The molecule has 110 valence electrons. The summed E-state index contributed by atoms with van der Waals surface area (Å²) in [6, 6.07) is 6.42. The monoisotopic (exact) mass is 339 g/mol. The zero-order valence-corrected chi connectivity index (χ0v) is 13.7. The molecule has 1 saturated heterocycles. The Hall–Kier alpha value is -1.07. The van der Waals surface area contributed by atoms with Gasteiger partial charge in [-0.15, -0.1) is 0 Å². The first kappa shape index (κ1) is 15.3. The van der Waals surface area contributed by atoms with Crippen LogP contribution in [0.15, 0.2) is 22.7 Å². The lowest BCUT2D eigenvalue weighted by Crippen LogP contribution is -2.34. The molecule has 20 heavy (non-hydrogen) atoms. The van der Waals surface area contributed by atoms with Crippen LogP contribution < -0.4 is 10.2 Å². The van der Waals surface area contributed by atoms with E-state index in [1.807, 2.05) is 11.9 Å². The van der Waals surface area contributed by atoms with Gasteiger partial charge >= 0.3 is 0 Å². The molecule has 1 aromatic rings. The standard InChI is InChI=1S/C15H22BrN3O/c1-12(20)18-6-3-7-19(9-8-18)15-5-4-14(16)10-13(15)11-17-2/h4-5,10,17H,3,6-9,11H2,1-2H3. The number of carbonyl (C=O) groups is 1. The Bertz CT molecular complexity index is 478. The Morgan fingerprint density at radius 2 is 2.10 bits per heavy atom. The van der Waals surface area contributed by atoms with E-state index in [4.69, 9.17) is 0 Å². The van der Waals surface area contributed by atoms with Gasteiger partial charge in [0.2, 0.25) is 5.91 Å². The molecule has 0 unspecified atom stereocenters. The third kappa shape index (κ3) is 3.73. The molecular weight excluding hydrogens is 318 g/mol. The lowest BCUT2D eigenvalue weighted by molar-refractivity contribution is -0.128. The average Bonchev–Trinajstić information content (AvgIpc) is 2.65. The van der Waals surface area contributed by atoms with E-state index >= 15 is 0 Å². The molecule has 1 N–H and O–H groups in total. The molecule has 1 aromatic carbocycles. The molecule has 0 saturated carbocycles. The second-order valence-electron chi connectivity index (χ2n) is 5.15. The maximum Gasteiger partial charge on any atom is 0.219 e. The van der Waals surface area contributed by atoms with Crippen LogP contribution in [0.3, 0.4) is 0 Å². The highest BCUT2D eigenvalue weighted by molar-refractivity contribution is 9.10. The number of nitrogens with zero attached hydrogens (tertiary/aromatic N) is 2. The zero-order valence-electron chi connectivity index (χ0n) is 12.2. The highest BCUT2D eigenvalue weighted by Gasteiger charge is 2.18. The molecule has 1 amide bonds. The van der Waals surface area contributed by atoms with Gasteiger partial charge in [0.15, 0.2) is 0 Å². The van der Waals surface area contributed by atoms with Crippen LogP contribution in [0.1, 0.15) is 18.9 Å². The molecule has 5 heteroatoms. The fourth-order valence-electron chi connectivity index (χ4n) is 2.67. The van der Waals surface area contributed by atoms with Gasteiger partial charge in [0.1, 0.15) is 0 Å². The largest absolute Gasteiger partial charge is 0.369 e. The number of rotatable bonds is 3. The Balaban J connectivity index is 2.16. The van der Waals surface area contributed by atoms with E-state index in [9.17, 15) is 4.79 Å². The van der Waals surface area contributed by atoms with Crippen molar-refractivity contribution in [2.75, 3.05) is 38.1 Å². The predicted octanol–water partition coefficient (Wildman–Crippen LogP) is 2.23. The second-order valence-corrected chi connectivity index (χ2v) is 6.07.